The third-order valence-electron chi connectivity index (χ3n) is 4.65. The van der Waals surface area contributed by atoms with Crippen LogP contribution >= 0.6 is 0 Å². The van der Waals surface area contributed by atoms with Crippen LogP contribution in [0.5, 0.6) is 0 Å². The predicted molar refractivity (Wildman–Crippen MR) is 90.5 cm³/mol. The van der Waals surface area contributed by atoms with Gasteiger partial charge in [0.2, 0.25) is 5.91 Å². The molecule has 0 saturated carbocycles. The van der Waals surface area contributed by atoms with Crippen LogP contribution in [0.2, 0.25) is 0 Å². The molecule has 1 aliphatic rings. The minimum atomic E-state index is -0.280. The Morgan fingerprint density at radius 2 is 2.04 bits per heavy atom. The highest BCUT2D eigenvalue weighted by Gasteiger charge is 2.23. The molecule has 128 valence electrons. The smallest absolute Gasteiger partial charge is 0.227 e. The average Bonchev–Trinajstić information content (AvgIpc) is 2.84. The van der Waals surface area contributed by atoms with E-state index in [2.05, 4.69) is 5.10 Å². The first kappa shape index (κ1) is 16.6. The van der Waals surface area contributed by atoms with Gasteiger partial charge in [0.05, 0.1) is 17.8 Å². The Bertz CT molecular complexity index is 738. The van der Waals surface area contributed by atoms with Crippen LogP contribution in [0.4, 0.5) is 4.39 Å². The molecule has 1 fully saturated rings. The number of carbonyl (C=O) groups excluding carboxylic acids is 1. The molecule has 1 saturated heterocycles. The van der Waals surface area contributed by atoms with Gasteiger partial charge in [0.25, 0.3) is 0 Å². The molecule has 0 radical (unpaired) electrons. The lowest BCUT2D eigenvalue weighted by Gasteiger charge is -2.30. The molecular weight excluding hydrogens is 307 g/mol. The molecule has 0 spiro atoms. The Balaban J connectivity index is 1.81. The van der Waals surface area contributed by atoms with Crippen molar-refractivity contribution in [3.05, 3.63) is 47.0 Å². The summed E-state index contributed by atoms with van der Waals surface area (Å²) in [5, 5.41) is 4.52. The lowest BCUT2D eigenvalue weighted by Crippen LogP contribution is -2.46. The number of benzene rings is 1. The predicted octanol–water partition coefficient (Wildman–Crippen LogP) is 2.12. The molecule has 2 aromatic rings. The summed E-state index contributed by atoms with van der Waals surface area (Å²) in [5.74, 6) is -0.188. The van der Waals surface area contributed by atoms with Crippen LogP contribution in [0.1, 0.15) is 29.8 Å². The summed E-state index contributed by atoms with van der Waals surface area (Å²) in [6.07, 6.45) is 2.26. The Kier molecular flexibility index (Phi) is 4.66. The normalized spacial score (nSPS) is 18.0. The van der Waals surface area contributed by atoms with Gasteiger partial charge in [0.15, 0.2) is 0 Å². The zero-order valence-corrected chi connectivity index (χ0v) is 14.1. The minimum absolute atomic E-state index is 0.0758. The Morgan fingerprint density at radius 1 is 1.33 bits per heavy atom. The van der Waals surface area contributed by atoms with Gasteiger partial charge < -0.3 is 10.6 Å². The second-order valence-electron chi connectivity index (χ2n) is 6.46. The number of rotatable bonds is 3. The fourth-order valence-electron chi connectivity index (χ4n) is 3.26. The van der Waals surface area contributed by atoms with E-state index < -0.39 is 0 Å². The van der Waals surface area contributed by atoms with E-state index in [0.717, 1.165) is 42.0 Å². The molecule has 2 heterocycles. The fourth-order valence-corrected chi connectivity index (χ4v) is 3.26. The summed E-state index contributed by atoms with van der Waals surface area (Å²) < 4.78 is 14.9. The Labute approximate surface area is 141 Å². The van der Waals surface area contributed by atoms with Gasteiger partial charge in [0, 0.05) is 30.4 Å². The quantitative estimate of drug-likeness (QED) is 0.937. The van der Waals surface area contributed by atoms with Crippen LogP contribution in [0.3, 0.4) is 0 Å². The average molecular weight is 330 g/mol. The number of aryl methyl sites for hydroxylation is 1. The number of hydrogen-bond donors (Lipinski definition) is 1. The van der Waals surface area contributed by atoms with Crippen LogP contribution < -0.4 is 5.73 Å². The van der Waals surface area contributed by atoms with E-state index in [4.69, 9.17) is 5.73 Å². The van der Waals surface area contributed by atoms with Gasteiger partial charge in [-0.2, -0.15) is 5.10 Å². The summed E-state index contributed by atoms with van der Waals surface area (Å²) in [4.78, 5) is 14.4. The molecule has 0 bridgehead atoms. The highest BCUT2D eigenvalue weighted by Crippen LogP contribution is 2.20. The van der Waals surface area contributed by atoms with E-state index in [0.29, 0.717) is 13.0 Å². The monoisotopic (exact) mass is 330 g/mol. The van der Waals surface area contributed by atoms with Crippen molar-refractivity contribution in [3.8, 4) is 5.69 Å². The van der Waals surface area contributed by atoms with Crippen molar-refractivity contribution in [2.24, 2.45) is 5.73 Å². The maximum Gasteiger partial charge on any atom is 0.227 e. The molecule has 5 nitrogen and oxygen atoms in total. The van der Waals surface area contributed by atoms with E-state index in [9.17, 15) is 9.18 Å². The van der Waals surface area contributed by atoms with Crippen LogP contribution in [0, 0.1) is 19.7 Å². The first-order valence-electron chi connectivity index (χ1n) is 8.30. The lowest BCUT2D eigenvalue weighted by atomic mass is 10.0. The first-order chi connectivity index (χ1) is 11.5. The molecule has 0 aliphatic carbocycles. The van der Waals surface area contributed by atoms with Gasteiger partial charge in [-0.05, 0) is 51.0 Å². The van der Waals surface area contributed by atoms with Crippen molar-refractivity contribution in [2.45, 2.75) is 39.2 Å². The van der Waals surface area contributed by atoms with E-state index in [1.54, 1.807) is 16.8 Å². The van der Waals surface area contributed by atoms with Crippen molar-refractivity contribution in [1.82, 2.24) is 14.7 Å². The first-order valence-corrected chi connectivity index (χ1v) is 8.30. The van der Waals surface area contributed by atoms with Crippen molar-refractivity contribution in [3.63, 3.8) is 0 Å². The van der Waals surface area contributed by atoms with E-state index >= 15 is 0 Å². The second kappa shape index (κ2) is 6.73. The second-order valence-corrected chi connectivity index (χ2v) is 6.46. The van der Waals surface area contributed by atoms with E-state index in [1.807, 2.05) is 18.7 Å². The summed E-state index contributed by atoms with van der Waals surface area (Å²) in [5.41, 5.74) is 9.43. The van der Waals surface area contributed by atoms with Gasteiger partial charge >= 0.3 is 0 Å². The van der Waals surface area contributed by atoms with Crippen LogP contribution in [0.25, 0.3) is 5.69 Å². The standard InChI is InChI=1S/C18H23FN4O/c1-12-17(10-18(24)22-9-3-4-15(20)11-22)13(2)23(21-12)16-7-5-14(19)6-8-16/h5-8,15H,3-4,9-11,20H2,1-2H3. The number of piperidine rings is 1. The third kappa shape index (κ3) is 3.33. The molecule has 24 heavy (non-hydrogen) atoms. The molecule has 1 atom stereocenters. The summed E-state index contributed by atoms with van der Waals surface area (Å²) in [6, 6.07) is 6.26. The van der Waals surface area contributed by atoms with Gasteiger partial charge in [-0.25, -0.2) is 9.07 Å². The van der Waals surface area contributed by atoms with E-state index in [1.165, 1.54) is 12.1 Å². The highest BCUT2D eigenvalue weighted by molar-refractivity contribution is 5.79. The van der Waals surface area contributed by atoms with Gasteiger partial charge in [-0.15, -0.1) is 0 Å². The van der Waals surface area contributed by atoms with E-state index in [-0.39, 0.29) is 17.8 Å². The molecule has 1 aromatic heterocycles. The number of hydrogen-bond acceptors (Lipinski definition) is 3. The number of carbonyl (C=O) groups is 1. The number of nitrogens with zero attached hydrogens (tertiary/aromatic N) is 3. The van der Waals surface area contributed by atoms with Crippen LogP contribution in [0.15, 0.2) is 24.3 Å². The largest absolute Gasteiger partial charge is 0.341 e. The molecule has 1 unspecified atom stereocenters. The molecule has 2 N–H and O–H groups in total. The van der Waals surface area contributed by atoms with Crippen molar-refractivity contribution in [1.29, 1.82) is 0 Å². The zero-order chi connectivity index (χ0) is 17.3. The van der Waals surface area contributed by atoms with Crippen LogP contribution in [-0.2, 0) is 11.2 Å². The number of aromatic nitrogens is 2. The maximum atomic E-state index is 13.1. The maximum absolute atomic E-state index is 13.1. The third-order valence-corrected chi connectivity index (χ3v) is 4.65. The molecule has 1 aliphatic heterocycles. The SMILES string of the molecule is Cc1nn(-c2ccc(F)cc2)c(C)c1CC(=O)N1CCCC(N)C1. The Morgan fingerprint density at radius 3 is 2.71 bits per heavy atom. The molecule has 6 heteroatoms. The molecule has 3 rings (SSSR count). The fraction of sp³-hybridized carbons (Fsp3) is 0.444. The topological polar surface area (TPSA) is 64.2 Å². The number of likely N-dealkylation sites (tertiary alicyclic amines) is 1. The number of amides is 1. The summed E-state index contributed by atoms with van der Waals surface area (Å²) in [6.45, 7) is 5.24. The highest BCUT2D eigenvalue weighted by atomic mass is 19.1. The van der Waals surface area contributed by atoms with Crippen molar-refractivity contribution >= 4 is 5.91 Å². The minimum Gasteiger partial charge on any atom is -0.341 e. The van der Waals surface area contributed by atoms with Gasteiger partial charge in [-0.1, -0.05) is 0 Å². The summed E-state index contributed by atoms with van der Waals surface area (Å²) in [7, 11) is 0. The summed E-state index contributed by atoms with van der Waals surface area (Å²) >= 11 is 0. The van der Waals surface area contributed by atoms with Crippen molar-refractivity contribution in [2.75, 3.05) is 13.1 Å². The molecular formula is C18H23FN4O. The zero-order valence-electron chi connectivity index (χ0n) is 14.1. The van der Waals surface area contributed by atoms with Crippen molar-refractivity contribution < 1.29 is 9.18 Å². The lowest BCUT2D eigenvalue weighted by molar-refractivity contribution is -0.131. The molecule has 1 aromatic carbocycles. The number of nitrogens with two attached hydrogens (primary N) is 1. The number of halogens is 1. The Hall–Kier alpha value is -2.21. The van der Waals surface area contributed by atoms with Gasteiger partial charge in [0.1, 0.15) is 5.82 Å². The van der Waals surface area contributed by atoms with Crippen LogP contribution in [-0.4, -0.2) is 39.7 Å². The molecule has 1 amide bonds. The van der Waals surface area contributed by atoms with Gasteiger partial charge in [-0.3, -0.25) is 4.79 Å².